The van der Waals surface area contributed by atoms with Crippen LogP contribution < -0.4 is 11.1 Å². The lowest BCUT2D eigenvalue weighted by molar-refractivity contribution is 0.0215. The van der Waals surface area contributed by atoms with Gasteiger partial charge in [-0.3, -0.25) is 0 Å². The normalized spacial score (nSPS) is 27.2. The molecule has 0 amide bonds. The Labute approximate surface area is 97.3 Å². The average Bonchev–Trinajstić information content (AvgIpc) is 2.70. The van der Waals surface area contributed by atoms with Crippen LogP contribution in [-0.2, 0) is 9.47 Å². The van der Waals surface area contributed by atoms with Crippen molar-refractivity contribution in [1.82, 2.24) is 5.32 Å². The van der Waals surface area contributed by atoms with Crippen LogP contribution in [0.15, 0.2) is 0 Å². The third-order valence-electron chi connectivity index (χ3n) is 2.93. The zero-order valence-corrected chi connectivity index (χ0v) is 10.1. The summed E-state index contributed by atoms with van der Waals surface area (Å²) >= 11 is 0. The lowest BCUT2D eigenvalue weighted by atomic mass is 10.0. The summed E-state index contributed by atoms with van der Waals surface area (Å²) in [5, 5.41) is 13.4. The van der Waals surface area contributed by atoms with E-state index in [2.05, 4.69) is 5.32 Å². The predicted molar refractivity (Wildman–Crippen MR) is 62.3 cm³/mol. The minimum Gasteiger partial charge on any atom is -0.386 e. The molecule has 16 heavy (non-hydrogen) atoms. The van der Waals surface area contributed by atoms with Gasteiger partial charge in [0, 0.05) is 32.7 Å². The first-order chi connectivity index (χ1) is 7.70. The quantitative estimate of drug-likeness (QED) is 0.525. The van der Waals surface area contributed by atoms with Crippen molar-refractivity contribution in [3.8, 4) is 0 Å². The van der Waals surface area contributed by atoms with E-state index in [1.165, 1.54) is 0 Å². The van der Waals surface area contributed by atoms with Crippen LogP contribution in [0, 0.1) is 0 Å². The fourth-order valence-electron chi connectivity index (χ4n) is 1.88. The largest absolute Gasteiger partial charge is 0.386 e. The Balaban J connectivity index is 2.24. The van der Waals surface area contributed by atoms with Crippen LogP contribution in [0.5, 0.6) is 0 Å². The molecule has 1 saturated heterocycles. The number of hydrogen-bond acceptors (Lipinski definition) is 5. The second-order valence-corrected chi connectivity index (χ2v) is 4.49. The first kappa shape index (κ1) is 13.9. The van der Waals surface area contributed by atoms with E-state index in [4.69, 9.17) is 15.2 Å². The molecule has 4 N–H and O–H groups in total. The molecule has 0 radical (unpaired) electrons. The van der Waals surface area contributed by atoms with Crippen molar-refractivity contribution in [3.05, 3.63) is 0 Å². The highest BCUT2D eigenvalue weighted by atomic mass is 16.5. The van der Waals surface area contributed by atoms with Crippen molar-refractivity contribution in [2.75, 3.05) is 40.0 Å². The number of aliphatic hydroxyl groups is 1. The highest BCUT2D eigenvalue weighted by Crippen LogP contribution is 2.17. The highest BCUT2D eigenvalue weighted by Gasteiger charge is 2.32. The molecule has 1 aliphatic rings. The lowest BCUT2D eigenvalue weighted by Gasteiger charge is -2.25. The van der Waals surface area contributed by atoms with E-state index >= 15 is 0 Å². The first-order valence-corrected chi connectivity index (χ1v) is 5.93. The number of hydrogen-bond donors (Lipinski definition) is 3. The number of methoxy groups -OCH3 is 1. The molecule has 0 bridgehead atoms. The first-order valence-electron chi connectivity index (χ1n) is 5.93. The molecule has 96 valence electrons. The number of nitrogens with two attached hydrogens (primary N) is 1. The summed E-state index contributed by atoms with van der Waals surface area (Å²) in [5.74, 6) is 0. The van der Waals surface area contributed by atoms with Gasteiger partial charge in [-0.1, -0.05) is 0 Å². The SMILES string of the molecule is COCC(CCCN)NCC1(O)CCOC1. The molecular weight excluding hydrogens is 208 g/mol. The van der Waals surface area contributed by atoms with Gasteiger partial charge in [-0.15, -0.1) is 0 Å². The number of nitrogens with one attached hydrogen (secondary N) is 1. The van der Waals surface area contributed by atoms with E-state index in [1.54, 1.807) is 7.11 Å². The summed E-state index contributed by atoms with van der Waals surface area (Å²) in [7, 11) is 1.69. The summed E-state index contributed by atoms with van der Waals surface area (Å²) in [4.78, 5) is 0. The minimum atomic E-state index is -0.700. The molecule has 5 nitrogen and oxygen atoms in total. The van der Waals surface area contributed by atoms with Crippen molar-refractivity contribution < 1.29 is 14.6 Å². The van der Waals surface area contributed by atoms with Gasteiger partial charge in [-0.2, -0.15) is 0 Å². The fraction of sp³-hybridized carbons (Fsp3) is 1.00. The topological polar surface area (TPSA) is 76.7 Å². The number of ether oxygens (including phenoxy) is 2. The van der Waals surface area contributed by atoms with Crippen molar-refractivity contribution in [3.63, 3.8) is 0 Å². The molecule has 0 saturated carbocycles. The van der Waals surface area contributed by atoms with Gasteiger partial charge in [0.15, 0.2) is 0 Å². The van der Waals surface area contributed by atoms with Gasteiger partial charge in [-0.05, 0) is 19.4 Å². The van der Waals surface area contributed by atoms with Gasteiger partial charge < -0.3 is 25.6 Å². The molecule has 5 heteroatoms. The third kappa shape index (κ3) is 4.76. The van der Waals surface area contributed by atoms with Crippen LogP contribution in [-0.4, -0.2) is 56.8 Å². The van der Waals surface area contributed by atoms with Crippen LogP contribution in [0.25, 0.3) is 0 Å². The molecular formula is C11H24N2O3. The maximum atomic E-state index is 10.1. The van der Waals surface area contributed by atoms with Gasteiger partial charge >= 0.3 is 0 Å². The molecule has 1 heterocycles. The monoisotopic (exact) mass is 232 g/mol. The summed E-state index contributed by atoms with van der Waals surface area (Å²) in [6, 6.07) is 0.262. The van der Waals surface area contributed by atoms with E-state index in [0.717, 1.165) is 12.8 Å². The van der Waals surface area contributed by atoms with Gasteiger partial charge in [-0.25, -0.2) is 0 Å². The molecule has 0 aliphatic carbocycles. The Bertz CT molecular complexity index is 184. The van der Waals surface area contributed by atoms with Crippen molar-refractivity contribution in [2.45, 2.75) is 30.9 Å². The Hall–Kier alpha value is -0.200. The molecule has 2 unspecified atom stereocenters. The van der Waals surface area contributed by atoms with Crippen molar-refractivity contribution in [1.29, 1.82) is 0 Å². The standard InChI is InChI=1S/C11H24N2O3/c1-15-7-10(3-2-5-12)13-8-11(14)4-6-16-9-11/h10,13-14H,2-9,12H2,1H3. The van der Waals surface area contributed by atoms with E-state index in [9.17, 15) is 5.11 Å². The van der Waals surface area contributed by atoms with Gasteiger partial charge in [0.05, 0.1) is 13.2 Å². The summed E-state index contributed by atoms with van der Waals surface area (Å²) < 4.78 is 10.3. The van der Waals surface area contributed by atoms with Crippen LogP contribution in [0.4, 0.5) is 0 Å². The zero-order chi connectivity index (χ0) is 11.9. The second-order valence-electron chi connectivity index (χ2n) is 4.49. The second kappa shape index (κ2) is 7.19. The summed E-state index contributed by atoms with van der Waals surface area (Å²) in [6.07, 6.45) is 2.65. The molecule has 1 aliphatic heterocycles. The molecule has 0 spiro atoms. The van der Waals surface area contributed by atoms with E-state index in [0.29, 0.717) is 39.3 Å². The molecule has 0 aromatic rings. The molecule has 0 aromatic carbocycles. The average molecular weight is 232 g/mol. The molecule has 2 atom stereocenters. The Kier molecular flexibility index (Phi) is 6.23. The van der Waals surface area contributed by atoms with Crippen molar-refractivity contribution in [2.24, 2.45) is 5.73 Å². The maximum absolute atomic E-state index is 10.1. The van der Waals surface area contributed by atoms with Crippen LogP contribution in [0.2, 0.25) is 0 Å². The molecule has 1 rings (SSSR count). The molecule has 1 fully saturated rings. The third-order valence-corrected chi connectivity index (χ3v) is 2.93. The molecule has 0 aromatic heterocycles. The summed E-state index contributed by atoms with van der Waals surface area (Å²) in [6.45, 7) is 2.98. The van der Waals surface area contributed by atoms with E-state index in [1.807, 2.05) is 0 Å². The minimum absolute atomic E-state index is 0.262. The lowest BCUT2D eigenvalue weighted by Crippen LogP contribution is -2.46. The van der Waals surface area contributed by atoms with Crippen LogP contribution in [0.3, 0.4) is 0 Å². The Morgan fingerprint density at radius 3 is 3.00 bits per heavy atom. The van der Waals surface area contributed by atoms with Gasteiger partial charge in [0.25, 0.3) is 0 Å². The Morgan fingerprint density at radius 2 is 2.44 bits per heavy atom. The zero-order valence-electron chi connectivity index (χ0n) is 10.1. The predicted octanol–water partition coefficient (Wildman–Crippen LogP) is -0.519. The Morgan fingerprint density at radius 1 is 1.62 bits per heavy atom. The van der Waals surface area contributed by atoms with Crippen LogP contribution >= 0.6 is 0 Å². The van der Waals surface area contributed by atoms with Crippen LogP contribution in [0.1, 0.15) is 19.3 Å². The maximum Gasteiger partial charge on any atom is 0.103 e. The van der Waals surface area contributed by atoms with Crippen molar-refractivity contribution >= 4 is 0 Å². The van der Waals surface area contributed by atoms with E-state index in [-0.39, 0.29) is 6.04 Å². The van der Waals surface area contributed by atoms with E-state index < -0.39 is 5.60 Å². The van der Waals surface area contributed by atoms with Gasteiger partial charge in [0.1, 0.15) is 5.60 Å². The van der Waals surface area contributed by atoms with Gasteiger partial charge in [0.2, 0.25) is 0 Å². The fourth-order valence-corrected chi connectivity index (χ4v) is 1.88. The summed E-state index contributed by atoms with van der Waals surface area (Å²) in [5.41, 5.74) is 4.78. The number of rotatable bonds is 8. The smallest absolute Gasteiger partial charge is 0.103 e. The highest BCUT2D eigenvalue weighted by molar-refractivity contribution is 4.86.